The van der Waals surface area contributed by atoms with Gasteiger partial charge in [0.2, 0.25) is 0 Å². The Morgan fingerprint density at radius 1 is 1.00 bits per heavy atom. The molecule has 0 aliphatic heterocycles. The summed E-state index contributed by atoms with van der Waals surface area (Å²) in [4.78, 5) is 2.55. The van der Waals surface area contributed by atoms with Crippen molar-refractivity contribution in [2.24, 2.45) is 11.8 Å². The number of rotatable bonds is 6. The average molecular weight is 239 g/mol. The fraction of sp³-hybridized carbons (Fsp3) is 1.00. The molecule has 2 rings (SSSR count). The minimum atomic E-state index is -0.0744. The van der Waals surface area contributed by atoms with E-state index in [2.05, 4.69) is 18.7 Å². The molecule has 1 atom stereocenters. The summed E-state index contributed by atoms with van der Waals surface area (Å²) in [7, 11) is 0. The standard InChI is InChI=1S/C15H29NO/c1-12(2)10-16(14-8-9-14)11-15(17)13-6-4-3-5-7-13/h12-15,17H,3-11H2,1-2H3. The largest absolute Gasteiger partial charge is 0.392 e. The summed E-state index contributed by atoms with van der Waals surface area (Å²) in [6.45, 7) is 6.65. The zero-order valence-corrected chi connectivity index (χ0v) is 11.6. The number of nitrogens with zero attached hydrogens (tertiary/aromatic N) is 1. The molecule has 1 N–H and O–H groups in total. The van der Waals surface area contributed by atoms with Gasteiger partial charge in [0, 0.05) is 19.1 Å². The first kappa shape index (κ1) is 13.4. The van der Waals surface area contributed by atoms with Gasteiger partial charge in [0.15, 0.2) is 0 Å². The Morgan fingerprint density at radius 2 is 1.65 bits per heavy atom. The summed E-state index contributed by atoms with van der Waals surface area (Å²) >= 11 is 0. The lowest BCUT2D eigenvalue weighted by atomic mass is 9.85. The van der Waals surface area contributed by atoms with Crippen LogP contribution in [-0.4, -0.2) is 35.2 Å². The van der Waals surface area contributed by atoms with Crippen molar-refractivity contribution >= 4 is 0 Å². The minimum absolute atomic E-state index is 0.0744. The van der Waals surface area contributed by atoms with Gasteiger partial charge in [0.25, 0.3) is 0 Å². The molecule has 2 saturated carbocycles. The fourth-order valence-electron chi connectivity index (χ4n) is 3.19. The van der Waals surface area contributed by atoms with Crippen LogP contribution in [0, 0.1) is 11.8 Å². The molecule has 2 aliphatic carbocycles. The highest BCUT2D eigenvalue weighted by molar-refractivity contribution is 4.87. The van der Waals surface area contributed by atoms with E-state index in [-0.39, 0.29) is 6.10 Å². The highest BCUT2D eigenvalue weighted by Gasteiger charge is 2.32. The maximum absolute atomic E-state index is 10.4. The smallest absolute Gasteiger partial charge is 0.0695 e. The second kappa shape index (κ2) is 6.19. The van der Waals surface area contributed by atoms with E-state index in [4.69, 9.17) is 0 Å². The van der Waals surface area contributed by atoms with Crippen molar-refractivity contribution in [3.05, 3.63) is 0 Å². The van der Waals surface area contributed by atoms with Crippen molar-refractivity contribution in [3.63, 3.8) is 0 Å². The first-order chi connectivity index (χ1) is 8.16. The van der Waals surface area contributed by atoms with E-state index in [0.29, 0.717) is 11.8 Å². The molecule has 0 aromatic carbocycles. The second-order valence-corrected chi connectivity index (χ2v) is 6.54. The van der Waals surface area contributed by atoms with Crippen LogP contribution in [0.15, 0.2) is 0 Å². The quantitative estimate of drug-likeness (QED) is 0.770. The third-order valence-electron chi connectivity index (χ3n) is 4.28. The summed E-state index contributed by atoms with van der Waals surface area (Å²) in [6, 6.07) is 0.788. The van der Waals surface area contributed by atoms with Gasteiger partial charge in [-0.1, -0.05) is 33.1 Å². The topological polar surface area (TPSA) is 23.5 Å². The van der Waals surface area contributed by atoms with E-state index < -0.39 is 0 Å². The van der Waals surface area contributed by atoms with Crippen LogP contribution < -0.4 is 0 Å². The lowest BCUT2D eigenvalue weighted by molar-refractivity contribution is 0.0414. The van der Waals surface area contributed by atoms with E-state index in [1.54, 1.807) is 0 Å². The molecular weight excluding hydrogens is 210 g/mol. The summed E-state index contributed by atoms with van der Waals surface area (Å²) in [5.74, 6) is 1.30. The van der Waals surface area contributed by atoms with Crippen LogP contribution in [0.25, 0.3) is 0 Å². The van der Waals surface area contributed by atoms with Crippen molar-refractivity contribution in [1.29, 1.82) is 0 Å². The molecule has 0 radical (unpaired) electrons. The van der Waals surface area contributed by atoms with Gasteiger partial charge in [-0.2, -0.15) is 0 Å². The predicted octanol–water partition coefficient (Wildman–Crippen LogP) is 3.05. The van der Waals surface area contributed by atoms with Gasteiger partial charge in [-0.05, 0) is 37.5 Å². The van der Waals surface area contributed by atoms with E-state index in [1.165, 1.54) is 44.9 Å². The molecule has 17 heavy (non-hydrogen) atoms. The van der Waals surface area contributed by atoms with Gasteiger partial charge in [-0.3, -0.25) is 4.90 Å². The van der Waals surface area contributed by atoms with Crippen molar-refractivity contribution in [2.45, 2.75) is 70.9 Å². The molecule has 0 bridgehead atoms. The van der Waals surface area contributed by atoms with Crippen LogP contribution >= 0.6 is 0 Å². The first-order valence-electron chi connectivity index (χ1n) is 7.59. The summed E-state index contributed by atoms with van der Waals surface area (Å²) in [6.07, 6.45) is 9.16. The molecule has 0 spiro atoms. The molecule has 100 valence electrons. The van der Waals surface area contributed by atoms with E-state index >= 15 is 0 Å². The highest BCUT2D eigenvalue weighted by Crippen LogP contribution is 2.31. The van der Waals surface area contributed by atoms with Crippen LogP contribution in [0.2, 0.25) is 0 Å². The van der Waals surface area contributed by atoms with Crippen molar-refractivity contribution in [2.75, 3.05) is 13.1 Å². The normalized spacial score (nSPS) is 24.5. The summed E-state index contributed by atoms with van der Waals surface area (Å²) in [5.41, 5.74) is 0. The lowest BCUT2D eigenvalue weighted by Crippen LogP contribution is -2.40. The molecule has 2 aliphatic rings. The van der Waals surface area contributed by atoms with Crippen LogP contribution in [0.5, 0.6) is 0 Å². The van der Waals surface area contributed by atoms with Crippen LogP contribution in [0.4, 0.5) is 0 Å². The molecule has 0 aromatic rings. The Balaban J connectivity index is 1.79. The number of hydrogen-bond donors (Lipinski definition) is 1. The van der Waals surface area contributed by atoms with Crippen molar-refractivity contribution in [1.82, 2.24) is 4.90 Å². The monoisotopic (exact) mass is 239 g/mol. The molecule has 2 fully saturated rings. The van der Waals surface area contributed by atoms with Gasteiger partial charge in [-0.25, -0.2) is 0 Å². The third-order valence-corrected chi connectivity index (χ3v) is 4.28. The lowest BCUT2D eigenvalue weighted by Gasteiger charge is -2.32. The highest BCUT2D eigenvalue weighted by atomic mass is 16.3. The third kappa shape index (κ3) is 4.26. The fourth-order valence-corrected chi connectivity index (χ4v) is 3.19. The van der Waals surface area contributed by atoms with Gasteiger partial charge in [0.05, 0.1) is 6.10 Å². The van der Waals surface area contributed by atoms with Gasteiger partial charge in [0.1, 0.15) is 0 Å². The van der Waals surface area contributed by atoms with Crippen LogP contribution in [-0.2, 0) is 0 Å². The second-order valence-electron chi connectivity index (χ2n) is 6.54. The Labute approximate surface area is 106 Å². The maximum atomic E-state index is 10.4. The Bertz CT molecular complexity index is 219. The van der Waals surface area contributed by atoms with Crippen molar-refractivity contribution in [3.8, 4) is 0 Å². The summed E-state index contributed by atoms with van der Waals surface area (Å²) < 4.78 is 0. The molecule has 2 heteroatoms. The Hall–Kier alpha value is -0.0800. The van der Waals surface area contributed by atoms with Crippen LogP contribution in [0.3, 0.4) is 0 Å². The molecule has 0 aromatic heterocycles. The molecular formula is C15H29NO. The van der Waals surface area contributed by atoms with E-state index in [1.807, 2.05) is 0 Å². The predicted molar refractivity (Wildman–Crippen MR) is 72.0 cm³/mol. The molecule has 0 amide bonds. The zero-order valence-electron chi connectivity index (χ0n) is 11.6. The molecule has 1 unspecified atom stereocenters. The van der Waals surface area contributed by atoms with Gasteiger partial charge in [-0.15, -0.1) is 0 Å². The number of aliphatic hydroxyl groups is 1. The Kier molecular flexibility index (Phi) is 4.87. The van der Waals surface area contributed by atoms with Gasteiger partial charge >= 0.3 is 0 Å². The van der Waals surface area contributed by atoms with E-state index in [0.717, 1.165) is 19.1 Å². The molecule has 0 heterocycles. The van der Waals surface area contributed by atoms with Crippen molar-refractivity contribution < 1.29 is 5.11 Å². The maximum Gasteiger partial charge on any atom is 0.0695 e. The number of aliphatic hydroxyl groups excluding tert-OH is 1. The minimum Gasteiger partial charge on any atom is -0.392 e. The SMILES string of the molecule is CC(C)CN(CC(O)C1CCCCC1)C1CC1. The first-order valence-corrected chi connectivity index (χ1v) is 7.59. The zero-order chi connectivity index (χ0) is 12.3. The molecule has 2 nitrogen and oxygen atoms in total. The summed E-state index contributed by atoms with van der Waals surface area (Å²) in [5, 5.41) is 10.4. The Morgan fingerprint density at radius 3 is 2.18 bits per heavy atom. The van der Waals surface area contributed by atoms with Gasteiger partial charge < -0.3 is 5.11 Å². The average Bonchev–Trinajstić information content (AvgIpc) is 3.12. The van der Waals surface area contributed by atoms with E-state index in [9.17, 15) is 5.11 Å². The molecule has 0 saturated heterocycles. The van der Waals surface area contributed by atoms with Crippen LogP contribution in [0.1, 0.15) is 58.8 Å². The number of hydrogen-bond acceptors (Lipinski definition) is 2.